The molecule has 9 rings (SSSR count). The number of fused-ring (bicyclic) bond motifs is 12. The summed E-state index contributed by atoms with van der Waals surface area (Å²) in [5.74, 6) is -0.659. The highest BCUT2D eigenvalue weighted by molar-refractivity contribution is 6.32. The van der Waals surface area contributed by atoms with Gasteiger partial charge in [0.15, 0.2) is 10.9 Å². The maximum atomic E-state index is 12.8. The molecular formula is C45H44Cl2N4O8. The number of hydrogen-bond acceptors (Lipinski definition) is 10. The van der Waals surface area contributed by atoms with Crippen molar-refractivity contribution in [3.05, 3.63) is 137 Å². The Morgan fingerprint density at radius 2 is 1.19 bits per heavy atom. The van der Waals surface area contributed by atoms with Gasteiger partial charge >= 0.3 is 11.9 Å². The van der Waals surface area contributed by atoms with Crippen molar-refractivity contribution < 1.29 is 28.9 Å². The molecule has 0 saturated carbocycles. The fourth-order valence-corrected chi connectivity index (χ4v) is 9.46. The number of halogens is 2. The molecule has 4 aliphatic heterocycles. The number of aromatic hydroxyl groups is 1. The van der Waals surface area contributed by atoms with Crippen LogP contribution in [0.3, 0.4) is 0 Å². The molecule has 2 aromatic heterocycles. The zero-order valence-electron chi connectivity index (χ0n) is 33.5. The number of carbonyl (C=O) groups excluding carboxylic acids is 2. The van der Waals surface area contributed by atoms with Crippen LogP contribution in [0.5, 0.6) is 11.5 Å². The maximum absolute atomic E-state index is 12.8. The van der Waals surface area contributed by atoms with Crippen LogP contribution in [0.1, 0.15) is 103 Å². The first-order valence-electron chi connectivity index (χ1n) is 19.4. The second-order valence-electron chi connectivity index (χ2n) is 16.5. The van der Waals surface area contributed by atoms with E-state index in [-0.39, 0.29) is 50.5 Å². The fraction of sp³-hybridized carbons (Fsp3) is 0.333. The van der Waals surface area contributed by atoms with E-state index in [0.717, 1.165) is 53.5 Å². The third-order valence-electron chi connectivity index (χ3n) is 12.0. The van der Waals surface area contributed by atoms with Crippen molar-refractivity contribution >= 4 is 35.1 Å². The smallest absolute Gasteiger partial charge is 0.343 e. The Bertz CT molecular complexity index is 2660. The van der Waals surface area contributed by atoms with Crippen molar-refractivity contribution in [2.24, 2.45) is 0 Å². The second-order valence-corrected chi connectivity index (χ2v) is 17.3. The molecule has 59 heavy (non-hydrogen) atoms. The SMILES string of the molecule is COC(=O)c1cn2c(cc1=O)-c1cc(Cl)c(O)cc1[C@H]1CCC(C)(C)N12.COC(=O)c1cn2c(cc1=O)-c1cc(Cl)c(OCc3ccccc3)cc1[C@H]1CCC(C)(C)N12. The molecule has 0 unspecified atom stereocenters. The molecule has 1 N–H and O–H groups in total. The van der Waals surface area contributed by atoms with Gasteiger partial charge in [0, 0.05) is 35.7 Å². The summed E-state index contributed by atoms with van der Waals surface area (Å²) in [6, 6.07) is 20.2. The number of phenolic OH excluding ortho intramolecular Hbond substituents is 1. The number of benzene rings is 3. The van der Waals surface area contributed by atoms with Crippen LogP contribution < -0.4 is 25.6 Å². The number of phenols is 1. The Morgan fingerprint density at radius 1 is 0.712 bits per heavy atom. The molecule has 14 heteroatoms. The number of hydrogen-bond donors (Lipinski definition) is 1. The quantitative estimate of drug-likeness (QED) is 0.172. The van der Waals surface area contributed by atoms with Gasteiger partial charge < -0.3 is 19.3 Å². The van der Waals surface area contributed by atoms with Crippen LogP contribution >= 0.6 is 23.2 Å². The molecule has 0 aliphatic carbocycles. The van der Waals surface area contributed by atoms with Gasteiger partial charge in [-0.1, -0.05) is 53.5 Å². The molecule has 2 atom stereocenters. The van der Waals surface area contributed by atoms with Gasteiger partial charge in [-0.15, -0.1) is 0 Å². The minimum atomic E-state index is -0.659. The summed E-state index contributed by atoms with van der Waals surface area (Å²) in [5.41, 5.74) is 4.92. The number of ether oxygens (including phenoxy) is 3. The van der Waals surface area contributed by atoms with Gasteiger partial charge in [0.1, 0.15) is 29.2 Å². The van der Waals surface area contributed by atoms with Crippen LogP contribution in [-0.2, 0) is 16.1 Å². The summed E-state index contributed by atoms with van der Waals surface area (Å²) in [6.45, 7) is 8.99. The molecule has 12 nitrogen and oxygen atoms in total. The van der Waals surface area contributed by atoms with Crippen molar-refractivity contribution in [3.63, 3.8) is 0 Å². The number of pyridine rings is 2. The van der Waals surface area contributed by atoms with Gasteiger partial charge in [-0.25, -0.2) is 9.59 Å². The zero-order valence-corrected chi connectivity index (χ0v) is 35.1. The Morgan fingerprint density at radius 3 is 1.68 bits per heavy atom. The molecule has 2 fully saturated rings. The molecule has 0 bridgehead atoms. The van der Waals surface area contributed by atoms with Gasteiger partial charge in [-0.05, 0) is 94.3 Å². The van der Waals surface area contributed by atoms with Gasteiger partial charge in [0.2, 0.25) is 0 Å². The van der Waals surface area contributed by atoms with Crippen molar-refractivity contribution in [1.82, 2.24) is 9.35 Å². The highest BCUT2D eigenvalue weighted by atomic mass is 35.5. The second kappa shape index (κ2) is 14.8. The van der Waals surface area contributed by atoms with Gasteiger partial charge in [0.25, 0.3) is 0 Å². The number of carbonyl (C=O) groups is 2. The monoisotopic (exact) mass is 838 g/mol. The topological polar surface area (TPSA) is 133 Å². The average molecular weight is 840 g/mol. The molecule has 5 aromatic rings. The summed E-state index contributed by atoms with van der Waals surface area (Å²) in [7, 11) is 2.53. The number of methoxy groups -OCH3 is 2. The summed E-state index contributed by atoms with van der Waals surface area (Å²) in [5, 5.41) is 15.2. The van der Waals surface area contributed by atoms with E-state index in [2.05, 4.69) is 37.7 Å². The highest BCUT2D eigenvalue weighted by Crippen LogP contribution is 2.51. The molecule has 2 saturated heterocycles. The number of esters is 2. The first-order chi connectivity index (χ1) is 28.0. The first kappa shape index (κ1) is 40.1. The van der Waals surface area contributed by atoms with Crippen molar-refractivity contribution in [2.45, 2.75) is 83.1 Å². The number of aromatic nitrogens is 2. The first-order valence-corrected chi connectivity index (χ1v) is 20.1. The Balaban J connectivity index is 0.000000169. The predicted molar refractivity (Wildman–Crippen MR) is 226 cm³/mol. The normalized spacial score (nSPS) is 18.5. The van der Waals surface area contributed by atoms with E-state index in [4.69, 9.17) is 37.4 Å². The van der Waals surface area contributed by atoms with Crippen LogP contribution in [-0.4, -0.2) is 51.7 Å². The molecule has 4 aliphatic rings. The molecule has 0 radical (unpaired) electrons. The lowest BCUT2D eigenvalue weighted by atomic mass is 9.94. The zero-order chi connectivity index (χ0) is 42.1. The van der Waals surface area contributed by atoms with E-state index in [1.165, 1.54) is 26.4 Å². The van der Waals surface area contributed by atoms with E-state index >= 15 is 0 Å². The van der Waals surface area contributed by atoms with E-state index in [9.17, 15) is 24.3 Å². The average Bonchev–Trinajstić information content (AvgIpc) is 3.72. The van der Waals surface area contributed by atoms with E-state index in [1.807, 2.05) is 51.8 Å². The van der Waals surface area contributed by atoms with Gasteiger partial charge in [0.05, 0.1) is 58.8 Å². The fourth-order valence-electron chi connectivity index (χ4n) is 9.08. The third kappa shape index (κ3) is 6.81. The molecule has 6 heterocycles. The van der Waals surface area contributed by atoms with Crippen LogP contribution in [0.15, 0.2) is 88.7 Å². The standard InChI is InChI=1S/C26H25ClN2O4.C19H19ClN2O4/c1-26(2)10-9-21-18-12-24(33-15-16-7-5-4-6-8-16)20(27)11-17(18)22-13-23(30)19(25(31)32-3)14-28(22)29(21)26;1-19(2)5-4-14-11-7-17(24)13(20)6-10(11)15-8-16(23)12(18(25)26-3)9-21(15)22(14)19/h4-8,11-14,21H,9-10,15H2,1-3H3;6-9,14,24H,4-5H2,1-3H3/t21-;14-/m11/s1. The molecule has 0 amide bonds. The van der Waals surface area contributed by atoms with E-state index in [0.29, 0.717) is 28.8 Å². The van der Waals surface area contributed by atoms with Crippen molar-refractivity contribution in [2.75, 3.05) is 24.2 Å². The number of rotatable bonds is 5. The van der Waals surface area contributed by atoms with Gasteiger partial charge in [-0.3, -0.25) is 29.0 Å². The molecule has 306 valence electrons. The predicted octanol–water partition coefficient (Wildman–Crippen LogP) is 8.33. The summed E-state index contributed by atoms with van der Waals surface area (Å²) in [6.07, 6.45) is 6.85. The Labute approximate surface area is 351 Å². The van der Waals surface area contributed by atoms with Crippen molar-refractivity contribution in [3.8, 4) is 34.0 Å². The molecular weight excluding hydrogens is 795 g/mol. The summed E-state index contributed by atoms with van der Waals surface area (Å²) in [4.78, 5) is 49.5. The molecule has 3 aromatic carbocycles. The lowest BCUT2D eigenvalue weighted by Crippen LogP contribution is -2.50. The lowest BCUT2D eigenvalue weighted by molar-refractivity contribution is 0.0589. The van der Waals surface area contributed by atoms with Crippen LogP contribution in [0.2, 0.25) is 10.0 Å². The minimum absolute atomic E-state index is 0.00831. The Kier molecular flexibility index (Phi) is 10.1. The molecule has 0 spiro atoms. The van der Waals surface area contributed by atoms with E-state index in [1.54, 1.807) is 24.5 Å². The van der Waals surface area contributed by atoms with Crippen LogP contribution in [0, 0.1) is 0 Å². The van der Waals surface area contributed by atoms with Gasteiger partial charge in [-0.2, -0.15) is 0 Å². The van der Waals surface area contributed by atoms with Crippen LogP contribution in [0.4, 0.5) is 0 Å². The Hall–Kier alpha value is -5.72. The lowest BCUT2D eigenvalue weighted by Gasteiger charge is -2.44. The highest BCUT2D eigenvalue weighted by Gasteiger charge is 2.47. The maximum Gasteiger partial charge on any atom is 0.343 e. The summed E-state index contributed by atoms with van der Waals surface area (Å²) >= 11 is 12.8. The van der Waals surface area contributed by atoms with E-state index < -0.39 is 17.4 Å². The largest absolute Gasteiger partial charge is 0.506 e. The summed E-state index contributed by atoms with van der Waals surface area (Å²) < 4.78 is 19.5. The third-order valence-corrected chi connectivity index (χ3v) is 12.6. The van der Waals surface area contributed by atoms with Crippen molar-refractivity contribution in [1.29, 1.82) is 0 Å². The van der Waals surface area contributed by atoms with Crippen LogP contribution in [0.25, 0.3) is 22.5 Å². The number of nitrogens with zero attached hydrogens (tertiary/aromatic N) is 4. The minimum Gasteiger partial charge on any atom is -0.506 e.